The van der Waals surface area contributed by atoms with E-state index in [1.165, 1.54) is 18.2 Å². The maximum Gasteiger partial charge on any atom is 0.310 e. The second kappa shape index (κ2) is 24.9. The zero-order valence-electron chi connectivity index (χ0n) is 41.0. The Hall–Kier alpha value is -4.45. The number of para-hydroxylation sites is 1. The monoisotopic (exact) mass is 1120 g/mol. The van der Waals surface area contributed by atoms with Gasteiger partial charge in [-0.25, -0.2) is 0 Å². The lowest BCUT2D eigenvalue weighted by atomic mass is 9.77. The number of amides is 1. The summed E-state index contributed by atoms with van der Waals surface area (Å²) in [5.74, 6) is -8.54. The zero-order valence-corrected chi connectivity index (χ0v) is 45.1. The third-order valence-corrected chi connectivity index (χ3v) is 16.8. The van der Waals surface area contributed by atoms with Gasteiger partial charge in [0.15, 0.2) is 11.5 Å². The highest BCUT2D eigenvalue weighted by Gasteiger charge is 2.46. The van der Waals surface area contributed by atoms with Crippen molar-refractivity contribution in [3.8, 4) is 0 Å². The molecule has 22 nitrogen and oxygen atoms in total. The predicted octanol–water partition coefficient (Wildman–Crippen LogP) is 4.60. The number of hydrogen-bond donors (Lipinski definition) is 6. The van der Waals surface area contributed by atoms with Gasteiger partial charge in [0.25, 0.3) is 50.6 Å². The second-order valence-corrected chi connectivity index (χ2v) is 26.5. The number of nitrogens with zero attached hydrogens (tertiary/aromatic N) is 2. The van der Waals surface area contributed by atoms with E-state index in [9.17, 15) is 79.2 Å². The van der Waals surface area contributed by atoms with Gasteiger partial charge in [-0.15, -0.1) is 0 Å². The van der Waals surface area contributed by atoms with Gasteiger partial charge < -0.3 is 15.0 Å². The average molecular weight is 1130 g/mol. The Morgan fingerprint density at radius 3 is 2.01 bits per heavy atom. The molecule has 0 spiro atoms. The van der Waals surface area contributed by atoms with Crippen LogP contribution < -0.4 is 10.2 Å². The van der Waals surface area contributed by atoms with E-state index in [-0.39, 0.29) is 51.8 Å². The molecular formula is C46H66N3O19S5+. The lowest BCUT2D eigenvalue weighted by molar-refractivity contribution is -0.437. The molecule has 0 aliphatic carbocycles. The van der Waals surface area contributed by atoms with E-state index in [4.69, 9.17) is 4.74 Å². The lowest BCUT2D eigenvalue weighted by Gasteiger charge is -2.30. The Labute approximate surface area is 428 Å². The van der Waals surface area contributed by atoms with Crippen LogP contribution in [0.5, 0.6) is 0 Å². The molecule has 1 amide bonds. The van der Waals surface area contributed by atoms with Gasteiger partial charge in [0, 0.05) is 60.3 Å². The summed E-state index contributed by atoms with van der Waals surface area (Å²) in [5.41, 5.74) is 2.30. The van der Waals surface area contributed by atoms with Gasteiger partial charge in [-0.2, -0.15) is 46.7 Å². The van der Waals surface area contributed by atoms with Crippen LogP contribution >= 0.6 is 0 Å². The van der Waals surface area contributed by atoms with Crippen molar-refractivity contribution in [2.45, 2.75) is 120 Å². The van der Waals surface area contributed by atoms with Gasteiger partial charge >= 0.3 is 5.97 Å². The van der Waals surface area contributed by atoms with Gasteiger partial charge in [0.2, 0.25) is 11.6 Å². The quantitative estimate of drug-likeness (QED) is 0.0269. The van der Waals surface area contributed by atoms with E-state index in [1.807, 2.05) is 55.7 Å². The highest BCUT2D eigenvalue weighted by molar-refractivity contribution is 7.86. The standard InChI is InChI=1S/C46H65N3O19S5/c1-5-6-12-26-68-44(52)33(31-71(59,60)61)29-40(50)37(32-72(62,63)64)47-43(51)20-8-7-11-23-46(4)36-30-34(73(65,66)67)21-22-39(36)49(25-15-28-70(56,57)58)42(46)19-13-18-41-45(2,3)35-16-9-10-17-38(35)48(41)24-14-27-69(53,54)55/h9-10,13,16-19,21-22,30,33,37H,5-8,11-12,14-15,20,23-29,31-32H2,1-4H3,(H5-,47,51,53,54,55,56,57,58,59,60,61,62,63,64,65,66,67)/p+1. The number of Topliss-reactive ketones (excluding diaryl/α,β-unsaturated/α-hetero) is 1. The number of esters is 1. The first kappa shape index (κ1) is 61.1. The molecule has 0 saturated heterocycles. The number of carbonyl (C=O) groups excluding carboxylic acids is 3. The van der Waals surface area contributed by atoms with E-state index < -0.39 is 125 Å². The molecule has 0 saturated carbocycles. The van der Waals surface area contributed by atoms with Crippen LogP contribution in [0, 0.1) is 5.92 Å². The largest absolute Gasteiger partial charge is 0.465 e. The first-order valence-electron chi connectivity index (χ1n) is 23.5. The van der Waals surface area contributed by atoms with Crippen molar-refractivity contribution < 1.29 is 88.5 Å². The lowest BCUT2D eigenvalue weighted by Crippen LogP contribution is -2.46. The molecule has 2 aromatic rings. The Balaban J connectivity index is 1.64. The van der Waals surface area contributed by atoms with Crippen LogP contribution in [0.15, 0.2) is 71.3 Å². The van der Waals surface area contributed by atoms with Gasteiger partial charge in [-0.3, -0.25) is 37.1 Å². The number of carbonyl (C=O) groups is 3. The van der Waals surface area contributed by atoms with Gasteiger partial charge in [0.05, 0.1) is 40.1 Å². The van der Waals surface area contributed by atoms with E-state index in [1.54, 1.807) is 24.0 Å². The summed E-state index contributed by atoms with van der Waals surface area (Å²) in [7, 11) is -23.2. The number of allylic oxidation sites excluding steroid dienone is 4. The molecule has 3 unspecified atom stereocenters. The minimum atomic E-state index is -4.93. The normalized spacial score (nSPS) is 18.5. The summed E-state index contributed by atoms with van der Waals surface area (Å²) in [5, 5.41) is 2.24. The highest BCUT2D eigenvalue weighted by Crippen LogP contribution is 2.51. The highest BCUT2D eigenvalue weighted by atomic mass is 32.2. The molecule has 2 heterocycles. The number of anilines is 1. The summed E-state index contributed by atoms with van der Waals surface area (Å²) < 4.78 is 175. The molecular weight excluding hydrogens is 1060 g/mol. The maximum atomic E-state index is 13.4. The van der Waals surface area contributed by atoms with Gasteiger partial charge in [-0.05, 0) is 76.3 Å². The smallest absolute Gasteiger partial charge is 0.310 e. The predicted molar refractivity (Wildman–Crippen MR) is 271 cm³/mol. The maximum absolute atomic E-state index is 13.4. The molecule has 0 radical (unpaired) electrons. The molecule has 2 aromatic carbocycles. The first-order valence-corrected chi connectivity index (χ1v) is 31.4. The second-order valence-electron chi connectivity index (χ2n) is 18.9. The zero-order chi connectivity index (χ0) is 54.8. The molecule has 2 aliphatic heterocycles. The molecule has 6 N–H and O–H groups in total. The summed E-state index contributed by atoms with van der Waals surface area (Å²) >= 11 is 0. The Morgan fingerprint density at radius 1 is 0.753 bits per heavy atom. The number of ketones is 1. The molecule has 2 aliphatic rings. The van der Waals surface area contributed by atoms with E-state index in [0.29, 0.717) is 42.6 Å². The minimum Gasteiger partial charge on any atom is -0.465 e. The summed E-state index contributed by atoms with van der Waals surface area (Å²) in [4.78, 5) is 40.7. The molecule has 0 fully saturated rings. The van der Waals surface area contributed by atoms with Crippen LogP contribution in [0.1, 0.15) is 109 Å². The van der Waals surface area contributed by atoms with Crippen LogP contribution in [0.2, 0.25) is 0 Å². The number of benzene rings is 2. The minimum absolute atomic E-state index is 0.0167. The van der Waals surface area contributed by atoms with E-state index in [0.717, 1.165) is 23.4 Å². The van der Waals surface area contributed by atoms with Crippen molar-refractivity contribution in [2.75, 3.05) is 47.6 Å². The molecule has 0 bridgehead atoms. The third kappa shape index (κ3) is 18.1. The number of unbranched alkanes of at least 4 members (excludes halogenated alkanes) is 4. The number of ether oxygens (including phenoxy) is 1. The molecule has 0 aromatic heterocycles. The summed E-state index contributed by atoms with van der Waals surface area (Å²) in [6, 6.07) is 9.58. The van der Waals surface area contributed by atoms with Gasteiger partial charge in [-0.1, -0.05) is 56.9 Å². The Bertz CT molecular complexity index is 3040. The van der Waals surface area contributed by atoms with Crippen molar-refractivity contribution in [2.24, 2.45) is 5.92 Å². The fourth-order valence-corrected chi connectivity index (χ4v) is 12.2. The van der Waals surface area contributed by atoms with Crippen LogP contribution in [-0.2, 0) is 80.5 Å². The summed E-state index contributed by atoms with van der Waals surface area (Å²) in [6.45, 7) is 7.79. The van der Waals surface area contributed by atoms with Crippen molar-refractivity contribution in [1.29, 1.82) is 0 Å². The Morgan fingerprint density at radius 2 is 1.40 bits per heavy atom. The fourth-order valence-electron chi connectivity index (χ4n) is 9.24. The van der Waals surface area contributed by atoms with Crippen LogP contribution in [-0.4, -0.2) is 142 Å². The average Bonchev–Trinajstić information content (AvgIpc) is 3.61. The molecule has 73 heavy (non-hydrogen) atoms. The molecule has 27 heteroatoms. The van der Waals surface area contributed by atoms with Crippen molar-refractivity contribution >= 4 is 85.3 Å². The number of nitrogens with one attached hydrogen (secondary N) is 1. The van der Waals surface area contributed by atoms with E-state index >= 15 is 0 Å². The van der Waals surface area contributed by atoms with Crippen LogP contribution in [0.4, 0.5) is 11.4 Å². The summed E-state index contributed by atoms with van der Waals surface area (Å²) in [6.07, 6.45) is 6.93. The Kier molecular flexibility index (Phi) is 20.9. The SMILES string of the molecule is CCCCCOC(=O)C(CC(=O)C(CS(=O)(=O)O)NC(=O)CCCCCC1(C)/C(=C\C=C\C2=[N+](CCCS(=O)(=O)O)c3ccccc3C2(C)C)N(CCCS(=O)(=O)O)c2ccc(S(=O)(=O)O)cc21)CS(=O)(=O)O. The number of fused-ring (bicyclic) bond motifs is 2. The van der Waals surface area contributed by atoms with Crippen molar-refractivity contribution in [1.82, 2.24) is 5.32 Å². The van der Waals surface area contributed by atoms with Gasteiger partial charge in [0.1, 0.15) is 18.3 Å². The first-order chi connectivity index (χ1) is 33.7. The third-order valence-electron chi connectivity index (χ3n) is 12.7. The topological polar surface area (TPSA) is 351 Å². The van der Waals surface area contributed by atoms with Crippen LogP contribution in [0.25, 0.3) is 0 Å². The van der Waals surface area contributed by atoms with Crippen molar-refractivity contribution in [3.05, 3.63) is 77.5 Å². The molecule has 408 valence electrons. The number of rotatable bonds is 30. The fraction of sp³-hybridized carbons (Fsp3) is 0.565. The molecule has 4 rings (SSSR count). The van der Waals surface area contributed by atoms with E-state index in [2.05, 4.69) is 5.32 Å². The molecule has 3 atom stereocenters. The van der Waals surface area contributed by atoms with Crippen molar-refractivity contribution in [3.63, 3.8) is 0 Å². The number of hydrogen-bond acceptors (Lipinski definition) is 15. The van der Waals surface area contributed by atoms with Crippen LogP contribution in [0.3, 0.4) is 0 Å².